The predicted molar refractivity (Wildman–Crippen MR) is 87.7 cm³/mol. The number of hydrogen-bond acceptors (Lipinski definition) is 3. The number of rotatable bonds is 7. The summed E-state index contributed by atoms with van der Waals surface area (Å²) in [4.78, 5) is 11.9. The second kappa shape index (κ2) is 8.41. The predicted octanol–water partition coefficient (Wildman–Crippen LogP) is 4.69. The molecule has 2 aromatic rings. The minimum Gasteiger partial charge on any atom is -0.494 e. The summed E-state index contributed by atoms with van der Waals surface area (Å²) < 4.78 is 46.4. The highest BCUT2D eigenvalue weighted by Gasteiger charge is 2.32. The molecule has 1 N–H and O–H groups in total. The third-order valence-corrected chi connectivity index (χ3v) is 3.22. The van der Waals surface area contributed by atoms with Gasteiger partial charge >= 0.3 is 6.36 Å². The van der Waals surface area contributed by atoms with Crippen LogP contribution in [-0.2, 0) is 4.79 Å². The first-order valence-electron chi connectivity index (χ1n) is 7.67. The smallest absolute Gasteiger partial charge is 0.494 e. The lowest BCUT2D eigenvalue weighted by atomic mass is 10.2. The number of halogens is 3. The summed E-state index contributed by atoms with van der Waals surface area (Å²) in [6, 6.07) is 12.9. The van der Waals surface area contributed by atoms with Crippen molar-refractivity contribution in [3.8, 4) is 11.5 Å². The maximum atomic E-state index is 12.3. The molecule has 25 heavy (non-hydrogen) atoms. The first-order chi connectivity index (χ1) is 11.8. The number of benzene rings is 2. The van der Waals surface area contributed by atoms with Crippen molar-refractivity contribution in [3.05, 3.63) is 54.1 Å². The molecule has 0 saturated heterocycles. The van der Waals surface area contributed by atoms with Crippen LogP contribution in [0, 0.1) is 6.92 Å². The number of alkyl halides is 3. The monoisotopic (exact) mass is 353 g/mol. The maximum Gasteiger partial charge on any atom is 0.573 e. The van der Waals surface area contributed by atoms with Crippen LogP contribution in [0.15, 0.2) is 48.5 Å². The largest absolute Gasteiger partial charge is 0.573 e. The normalized spacial score (nSPS) is 11.0. The quantitative estimate of drug-likeness (QED) is 0.735. The lowest BCUT2D eigenvalue weighted by Crippen LogP contribution is -2.19. The van der Waals surface area contributed by atoms with Gasteiger partial charge in [-0.15, -0.1) is 13.2 Å². The van der Waals surface area contributed by atoms with E-state index in [9.17, 15) is 18.0 Å². The zero-order valence-corrected chi connectivity index (χ0v) is 13.6. The number of amides is 1. The van der Waals surface area contributed by atoms with Gasteiger partial charge in [-0.3, -0.25) is 4.79 Å². The van der Waals surface area contributed by atoms with E-state index in [-0.39, 0.29) is 12.1 Å². The van der Waals surface area contributed by atoms with Crippen molar-refractivity contribution in [1.82, 2.24) is 0 Å². The highest BCUT2D eigenvalue weighted by molar-refractivity contribution is 5.92. The first-order valence-corrected chi connectivity index (χ1v) is 7.67. The Hall–Kier alpha value is -2.70. The average Bonchev–Trinajstić information content (AvgIpc) is 2.54. The van der Waals surface area contributed by atoms with Crippen molar-refractivity contribution in [1.29, 1.82) is 0 Å². The Labute approximate surface area is 143 Å². The van der Waals surface area contributed by atoms with Crippen LogP contribution in [0.4, 0.5) is 18.9 Å². The van der Waals surface area contributed by atoms with Gasteiger partial charge < -0.3 is 14.8 Å². The average molecular weight is 353 g/mol. The van der Waals surface area contributed by atoms with Gasteiger partial charge in [-0.2, -0.15) is 0 Å². The molecule has 0 aliphatic carbocycles. The molecular weight excluding hydrogens is 335 g/mol. The minimum atomic E-state index is -4.82. The van der Waals surface area contributed by atoms with Gasteiger partial charge in [0.25, 0.3) is 0 Å². The fraction of sp³-hybridized carbons (Fsp3) is 0.278. The van der Waals surface area contributed by atoms with E-state index in [1.807, 2.05) is 31.2 Å². The molecule has 0 unspecified atom stereocenters. The van der Waals surface area contributed by atoms with Gasteiger partial charge in [0.15, 0.2) is 5.75 Å². The van der Waals surface area contributed by atoms with Gasteiger partial charge in [-0.05, 0) is 37.6 Å². The Bertz CT molecular complexity index is 699. The molecule has 0 aliphatic heterocycles. The molecule has 2 aromatic carbocycles. The molecule has 0 saturated carbocycles. The fourth-order valence-electron chi connectivity index (χ4n) is 2.05. The molecule has 0 aliphatic rings. The van der Waals surface area contributed by atoms with E-state index in [0.29, 0.717) is 18.8 Å². The zero-order valence-electron chi connectivity index (χ0n) is 13.6. The van der Waals surface area contributed by atoms with Gasteiger partial charge in [0.05, 0.1) is 12.3 Å². The van der Waals surface area contributed by atoms with E-state index in [4.69, 9.17) is 4.74 Å². The molecule has 1 amide bonds. The molecule has 0 aromatic heterocycles. The van der Waals surface area contributed by atoms with Crippen LogP contribution in [0.2, 0.25) is 0 Å². The number of hydrogen-bond donors (Lipinski definition) is 1. The van der Waals surface area contributed by atoms with Crippen LogP contribution in [-0.4, -0.2) is 18.9 Å². The number of nitrogens with one attached hydrogen (secondary N) is 1. The van der Waals surface area contributed by atoms with Gasteiger partial charge in [-0.25, -0.2) is 0 Å². The van der Waals surface area contributed by atoms with E-state index < -0.39 is 18.0 Å². The molecule has 0 heterocycles. The Morgan fingerprint density at radius 3 is 2.44 bits per heavy atom. The second-order valence-corrected chi connectivity index (χ2v) is 5.36. The number of para-hydroxylation sites is 2. The second-order valence-electron chi connectivity index (χ2n) is 5.36. The summed E-state index contributed by atoms with van der Waals surface area (Å²) >= 11 is 0. The van der Waals surface area contributed by atoms with Crippen LogP contribution >= 0.6 is 0 Å². The number of anilines is 1. The Morgan fingerprint density at radius 2 is 1.76 bits per heavy atom. The maximum absolute atomic E-state index is 12.3. The molecule has 0 spiro atoms. The Balaban J connectivity index is 1.79. The molecule has 0 radical (unpaired) electrons. The van der Waals surface area contributed by atoms with Crippen molar-refractivity contribution in [3.63, 3.8) is 0 Å². The molecule has 134 valence electrons. The van der Waals surface area contributed by atoms with Crippen LogP contribution in [0.5, 0.6) is 11.5 Å². The van der Waals surface area contributed by atoms with Gasteiger partial charge in [-0.1, -0.05) is 29.8 Å². The van der Waals surface area contributed by atoms with Crippen molar-refractivity contribution in [2.75, 3.05) is 11.9 Å². The molecule has 0 fully saturated rings. The SMILES string of the molecule is Cc1ccc(OCCCC(=O)Nc2ccccc2OC(F)(F)F)cc1. The van der Waals surface area contributed by atoms with Crippen molar-refractivity contribution >= 4 is 11.6 Å². The fourth-order valence-corrected chi connectivity index (χ4v) is 2.05. The van der Waals surface area contributed by atoms with E-state index in [1.54, 1.807) is 0 Å². The zero-order chi connectivity index (χ0) is 18.3. The van der Waals surface area contributed by atoms with E-state index >= 15 is 0 Å². The van der Waals surface area contributed by atoms with Crippen molar-refractivity contribution in [2.24, 2.45) is 0 Å². The Morgan fingerprint density at radius 1 is 1.08 bits per heavy atom. The molecule has 4 nitrogen and oxygen atoms in total. The summed E-state index contributed by atoms with van der Waals surface area (Å²) in [5.41, 5.74) is 1.09. The van der Waals surface area contributed by atoms with Crippen LogP contribution < -0.4 is 14.8 Å². The van der Waals surface area contributed by atoms with Crippen LogP contribution in [0.1, 0.15) is 18.4 Å². The number of ether oxygens (including phenoxy) is 2. The first kappa shape index (κ1) is 18.6. The van der Waals surface area contributed by atoms with Crippen LogP contribution in [0.25, 0.3) is 0 Å². The van der Waals surface area contributed by atoms with Gasteiger partial charge in [0.2, 0.25) is 5.91 Å². The molecule has 0 atom stereocenters. The molecule has 2 rings (SSSR count). The van der Waals surface area contributed by atoms with E-state index in [2.05, 4.69) is 10.1 Å². The Kier molecular flexibility index (Phi) is 6.27. The number of carbonyl (C=O) groups is 1. The molecule has 0 bridgehead atoms. The third kappa shape index (κ3) is 6.74. The highest BCUT2D eigenvalue weighted by Crippen LogP contribution is 2.30. The van der Waals surface area contributed by atoms with E-state index in [1.165, 1.54) is 18.2 Å². The van der Waals surface area contributed by atoms with Crippen LogP contribution in [0.3, 0.4) is 0 Å². The summed E-state index contributed by atoms with van der Waals surface area (Å²) in [5.74, 6) is -0.153. The van der Waals surface area contributed by atoms with Gasteiger partial charge in [0, 0.05) is 6.42 Å². The topological polar surface area (TPSA) is 47.6 Å². The molecule has 7 heteroatoms. The van der Waals surface area contributed by atoms with Gasteiger partial charge in [0.1, 0.15) is 5.75 Å². The summed E-state index contributed by atoms with van der Waals surface area (Å²) in [7, 11) is 0. The standard InChI is InChI=1S/C18H18F3NO3/c1-13-8-10-14(11-9-13)24-12-4-7-17(23)22-15-5-2-3-6-16(15)25-18(19,20)21/h2-3,5-6,8-11H,4,7,12H2,1H3,(H,22,23). The lowest BCUT2D eigenvalue weighted by molar-refractivity contribution is -0.274. The molecular formula is C18H18F3NO3. The highest BCUT2D eigenvalue weighted by atomic mass is 19.4. The summed E-state index contributed by atoms with van der Waals surface area (Å²) in [5, 5.41) is 2.42. The number of carbonyl (C=O) groups excluding carboxylic acids is 1. The summed E-state index contributed by atoms with van der Waals surface area (Å²) in [6.07, 6.45) is -4.27. The van der Waals surface area contributed by atoms with Crippen molar-refractivity contribution in [2.45, 2.75) is 26.1 Å². The van der Waals surface area contributed by atoms with Crippen molar-refractivity contribution < 1.29 is 27.4 Å². The third-order valence-electron chi connectivity index (χ3n) is 3.22. The minimum absolute atomic E-state index is 0.0238. The lowest BCUT2D eigenvalue weighted by Gasteiger charge is -2.13. The number of aryl methyl sites for hydroxylation is 1. The van der Waals surface area contributed by atoms with E-state index in [0.717, 1.165) is 11.6 Å². The summed E-state index contributed by atoms with van der Waals surface area (Å²) in [6.45, 7) is 2.30.